The molecule has 4 nitrogen and oxygen atoms in total. The summed E-state index contributed by atoms with van der Waals surface area (Å²) in [5, 5.41) is 0. The van der Waals surface area contributed by atoms with Crippen molar-refractivity contribution in [2.24, 2.45) is 0 Å². The van der Waals surface area contributed by atoms with Gasteiger partial charge in [-0.05, 0) is 42.5 Å². The number of imidazole rings is 1. The summed E-state index contributed by atoms with van der Waals surface area (Å²) in [5.74, 6) is 0.255. The van der Waals surface area contributed by atoms with Gasteiger partial charge >= 0.3 is 0 Å². The highest BCUT2D eigenvalue weighted by Gasteiger charge is 2.12. The number of thiazole rings is 1. The van der Waals surface area contributed by atoms with E-state index in [1.54, 1.807) is 34.7 Å². The fraction of sp³-hybridized carbons (Fsp3) is 0.0435. The largest absolute Gasteiger partial charge is 0.488 e. The van der Waals surface area contributed by atoms with Crippen LogP contribution in [0.3, 0.4) is 0 Å². The third-order valence-electron chi connectivity index (χ3n) is 4.74. The minimum Gasteiger partial charge on any atom is -0.488 e. The van der Waals surface area contributed by atoms with Gasteiger partial charge in [0.15, 0.2) is 4.96 Å². The molecule has 5 aromatic rings. The molecule has 5 rings (SSSR count). The standard InChI is InChI=1S/C23H14BrFN2O2S/c24-16-9-10-20(29-13-14-5-1-2-6-17(14)25)15(11-16)12-21-22(28)27-19-8-4-3-7-18(19)26-23(27)30-21/h1-12H,13H2/b21-12-. The molecule has 0 spiro atoms. The molecular weight excluding hydrogens is 467 g/mol. The van der Waals surface area contributed by atoms with Gasteiger partial charge in [0, 0.05) is 15.6 Å². The van der Waals surface area contributed by atoms with Gasteiger partial charge < -0.3 is 4.74 Å². The first-order valence-corrected chi connectivity index (χ1v) is 10.8. The number of rotatable bonds is 4. The van der Waals surface area contributed by atoms with Crippen LogP contribution in [-0.2, 0) is 6.61 Å². The molecule has 0 amide bonds. The first-order valence-electron chi connectivity index (χ1n) is 9.17. The Morgan fingerprint density at radius 3 is 2.77 bits per heavy atom. The van der Waals surface area contributed by atoms with E-state index in [9.17, 15) is 9.18 Å². The third-order valence-corrected chi connectivity index (χ3v) is 6.21. The van der Waals surface area contributed by atoms with Gasteiger partial charge in [0.2, 0.25) is 0 Å². The van der Waals surface area contributed by atoms with Crippen LogP contribution >= 0.6 is 27.3 Å². The molecule has 0 aliphatic heterocycles. The first-order chi connectivity index (χ1) is 14.6. The summed E-state index contributed by atoms with van der Waals surface area (Å²) < 4.78 is 22.8. The number of halogens is 2. The maximum Gasteiger partial charge on any atom is 0.274 e. The molecule has 7 heteroatoms. The molecule has 0 radical (unpaired) electrons. The summed E-state index contributed by atoms with van der Waals surface area (Å²) in [5.41, 5.74) is 2.66. The average Bonchev–Trinajstić information content (AvgIpc) is 3.25. The number of fused-ring (bicyclic) bond motifs is 3. The maximum atomic E-state index is 13.9. The number of aromatic nitrogens is 2. The lowest BCUT2D eigenvalue weighted by Crippen LogP contribution is -2.22. The van der Waals surface area contributed by atoms with E-state index < -0.39 is 0 Å². The molecule has 0 fully saturated rings. The highest BCUT2D eigenvalue weighted by atomic mass is 79.9. The fourth-order valence-electron chi connectivity index (χ4n) is 3.29. The summed E-state index contributed by atoms with van der Waals surface area (Å²) in [4.78, 5) is 18.2. The zero-order valence-corrected chi connectivity index (χ0v) is 17.9. The van der Waals surface area contributed by atoms with Crippen molar-refractivity contribution >= 4 is 49.3 Å². The Hall–Kier alpha value is -3.03. The van der Waals surface area contributed by atoms with Crippen LogP contribution in [0.4, 0.5) is 4.39 Å². The molecule has 0 aliphatic carbocycles. The Balaban J connectivity index is 1.58. The molecule has 148 valence electrons. The SMILES string of the molecule is O=c1/c(=C/c2cc(Br)ccc2OCc2ccccc2F)sc2nc3ccccc3n12. The third kappa shape index (κ3) is 3.40. The number of ether oxygens (including phenoxy) is 1. The quantitative estimate of drug-likeness (QED) is 0.366. The molecular formula is C23H14BrFN2O2S. The Labute approximate surface area is 183 Å². The van der Waals surface area contributed by atoms with Crippen molar-refractivity contribution in [1.29, 1.82) is 0 Å². The van der Waals surface area contributed by atoms with E-state index in [1.165, 1.54) is 17.4 Å². The number of benzene rings is 3. The van der Waals surface area contributed by atoms with Crippen molar-refractivity contribution in [2.45, 2.75) is 6.61 Å². The van der Waals surface area contributed by atoms with Gasteiger partial charge in [-0.3, -0.25) is 4.79 Å². The summed E-state index contributed by atoms with van der Waals surface area (Å²) in [7, 11) is 0. The van der Waals surface area contributed by atoms with Gasteiger partial charge in [-0.1, -0.05) is 57.6 Å². The van der Waals surface area contributed by atoms with Crippen molar-refractivity contribution in [3.8, 4) is 5.75 Å². The van der Waals surface area contributed by atoms with E-state index >= 15 is 0 Å². The average molecular weight is 481 g/mol. The summed E-state index contributed by atoms with van der Waals surface area (Å²) >= 11 is 4.80. The van der Waals surface area contributed by atoms with Crippen molar-refractivity contribution in [2.75, 3.05) is 0 Å². The Bertz CT molecular complexity index is 1510. The van der Waals surface area contributed by atoms with Crippen LogP contribution in [0, 0.1) is 5.82 Å². The van der Waals surface area contributed by atoms with E-state index in [-0.39, 0.29) is 18.0 Å². The topological polar surface area (TPSA) is 43.6 Å². The van der Waals surface area contributed by atoms with Crippen molar-refractivity contribution < 1.29 is 9.13 Å². The second kappa shape index (κ2) is 7.66. The van der Waals surface area contributed by atoms with E-state index in [0.717, 1.165) is 21.1 Å². The summed E-state index contributed by atoms with van der Waals surface area (Å²) in [6.45, 7) is 0.0950. The number of para-hydroxylation sites is 2. The first kappa shape index (κ1) is 19.0. The Morgan fingerprint density at radius 2 is 1.90 bits per heavy atom. The molecule has 2 heterocycles. The second-order valence-electron chi connectivity index (χ2n) is 6.70. The van der Waals surface area contributed by atoms with Crippen LogP contribution in [0.2, 0.25) is 0 Å². The lowest BCUT2D eigenvalue weighted by Gasteiger charge is -2.10. The minimum atomic E-state index is -0.312. The monoisotopic (exact) mass is 480 g/mol. The minimum absolute atomic E-state index is 0.0950. The van der Waals surface area contributed by atoms with Crippen molar-refractivity contribution in [3.63, 3.8) is 0 Å². The summed E-state index contributed by atoms with van der Waals surface area (Å²) in [6.07, 6.45) is 1.79. The normalized spacial score (nSPS) is 12.1. The molecule has 2 aromatic heterocycles. The van der Waals surface area contributed by atoms with Crippen molar-refractivity contribution in [1.82, 2.24) is 9.38 Å². The molecule has 0 aliphatic rings. The van der Waals surface area contributed by atoms with Gasteiger partial charge in [0.1, 0.15) is 18.2 Å². The lowest BCUT2D eigenvalue weighted by atomic mass is 10.2. The molecule has 0 unspecified atom stereocenters. The lowest BCUT2D eigenvalue weighted by molar-refractivity contribution is 0.299. The van der Waals surface area contributed by atoms with Crippen molar-refractivity contribution in [3.05, 3.63) is 103 Å². The molecule has 0 bridgehead atoms. The Kier molecular flexibility index (Phi) is 4.84. The van der Waals surface area contributed by atoms with E-state index in [0.29, 0.717) is 20.8 Å². The smallest absolute Gasteiger partial charge is 0.274 e. The fourth-order valence-corrected chi connectivity index (χ4v) is 4.64. The van der Waals surface area contributed by atoms with Gasteiger partial charge in [0.05, 0.1) is 15.6 Å². The van der Waals surface area contributed by atoms with Crippen LogP contribution in [-0.4, -0.2) is 9.38 Å². The van der Waals surface area contributed by atoms with Crippen LogP contribution in [0.15, 0.2) is 76.0 Å². The predicted octanol–water partition coefficient (Wildman–Crippen LogP) is 4.94. The number of hydrogen-bond acceptors (Lipinski definition) is 4. The molecule has 30 heavy (non-hydrogen) atoms. The molecule has 3 aromatic carbocycles. The number of nitrogens with zero attached hydrogens (tertiary/aromatic N) is 2. The van der Waals surface area contributed by atoms with Gasteiger partial charge in [0.25, 0.3) is 5.56 Å². The maximum absolute atomic E-state index is 13.9. The highest BCUT2D eigenvalue weighted by molar-refractivity contribution is 9.10. The summed E-state index contributed by atoms with van der Waals surface area (Å²) in [6, 6.07) is 19.6. The van der Waals surface area contributed by atoms with Gasteiger partial charge in [-0.25, -0.2) is 13.8 Å². The molecule has 0 saturated heterocycles. The Morgan fingerprint density at radius 1 is 1.10 bits per heavy atom. The van der Waals surface area contributed by atoms with Gasteiger partial charge in [-0.15, -0.1) is 0 Å². The van der Waals surface area contributed by atoms with E-state index in [1.807, 2.05) is 36.4 Å². The molecule has 0 atom stereocenters. The zero-order chi connectivity index (χ0) is 20.7. The number of hydrogen-bond donors (Lipinski definition) is 0. The second-order valence-corrected chi connectivity index (χ2v) is 8.62. The highest BCUT2D eigenvalue weighted by Crippen LogP contribution is 2.25. The van der Waals surface area contributed by atoms with E-state index in [2.05, 4.69) is 20.9 Å². The van der Waals surface area contributed by atoms with E-state index in [4.69, 9.17) is 4.74 Å². The van der Waals surface area contributed by atoms with Gasteiger partial charge in [-0.2, -0.15) is 0 Å². The van der Waals surface area contributed by atoms with Crippen LogP contribution < -0.4 is 14.8 Å². The molecule has 0 N–H and O–H groups in total. The van der Waals surface area contributed by atoms with Crippen LogP contribution in [0.5, 0.6) is 5.75 Å². The zero-order valence-electron chi connectivity index (χ0n) is 15.5. The van der Waals surface area contributed by atoms with Crippen LogP contribution in [0.1, 0.15) is 11.1 Å². The van der Waals surface area contributed by atoms with Crippen LogP contribution in [0.25, 0.3) is 22.1 Å². The predicted molar refractivity (Wildman–Crippen MR) is 121 cm³/mol. The molecule has 0 saturated carbocycles.